The average Bonchev–Trinajstić information content (AvgIpc) is 2.86. The molecular formula is C15H29N. The summed E-state index contributed by atoms with van der Waals surface area (Å²) in [5.41, 5.74) is 0. The summed E-state index contributed by atoms with van der Waals surface area (Å²) < 4.78 is 0. The van der Waals surface area contributed by atoms with Gasteiger partial charge in [0.2, 0.25) is 0 Å². The van der Waals surface area contributed by atoms with Crippen LogP contribution >= 0.6 is 0 Å². The second-order valence-electron chi connectivity index (χ2n) is 5.85. The first-order chi connectivity index (χ1) is 7.86. The molecule has 16 heavy (non-hydrogen) atoms. The van der Waals surface area contributed by atoms with Crippen molar-refractivity contribution in [2.24, 2.45) is 0 Å². The second kappa shape index (κ2) is 6.05. The van der Waals surface area contributed by atoms with Crippen molar-refractivity contribution in [3.63, 3.8) is 0 Å². The van der Waals surface area contributed by atoms with Crippen LogP contribution in [0.5, 0.6) is 0 Å². The van der Waals surface area contributed by atoms with Gasteiger partial charge in [0.25, 0.3) is 0 Å². The molecule has 1 nitrogen and oxygen atoms in total. The van der Waals surface area contributed by atoms with Crippen molar-refractivity contribution in [1.29, 1.82) is 0 Å². The summed E-state index contributed by atoms with van der Waals surface area (Å²) in [7, 11) is 0. The van der Waals surface area contributed by atoms with Crippen molar-refractivity contribution < 1.29 is 0 Å². The number of nitrogens with zero attached hydrogens (tertiary/aromatic N) is 1. The molecule has 0 bridgehead atoms. The van der Waals surface area contributed by atoms with Gasteiger partial charge < -0.3 is 0 Å². The van der Waals surface area contributed by atoms with E-state index in [9.17, 15) is 0 Å². The number of fused-ring (bicyclic) bond motifs is 1. The molecule has 0 saturated carbocycles. The van der Waals surface area contributed by atoms with Crippen LogP contribution < -0.4 is 0 Å². The van der Waals surface area contributed by atoms with Crippen LogP contribution in [0, 0.1) is 0 Å². The van der Waals surface area contributed by atoms with E-state index in [1.165, 1.54) is 64.2 Å². The lowest BCUT2D eigenvalue weighted by Gasteiger charge is -2.31. The third kappa shape index (κ3) is 2.61. The van der Waals surface area contributed by atoms with Gasteiger partial charge in [0.05, 0.1) is 0 Å². The highest BCUT2D eigenvalue weighted by Crippen LogP contribution is 2.40. The normalized spacial score (nSPS) is 34.5. The van der Waals surface area contributed by atoms with E-state index in [2.05, 4.69) is 18.7 Å². The monoisotopic (exact) mass is 223 g/mol. The van der Waals surface area contributed by atoms with Crippen molar-refractivity contribution >= 4 is 0 Å². The first-order valence-corrected chi connectivity index (χ1v) is 7.64. The van der Waals surface area contributed by atoms with Gasteiger partial charge in [-0.15, -0.1) is 0 Å². The smallest absolute Gasteiger partial charge is 0.0102 e. The van der Waals surface area contributed by atoms with Gasteiger partial charge in [-0.1, -0.05) is 39.5 Å². The minimum Gasteiger partial charge on any atom is -0.294 e. The first kappa shape index (κ1) is 12.4. The summed E-state index contributed by atoms with van der Waals surface area (Å²) in [6.45, 7) is 4.65. The van der Waals surface area contributed by atoms with Crippen LogP contribution in [0.1, 0.15) is 78.1 Å². The van der Waals surface area contributed by atoms with Gasteiger partial charge in [0.15, 0.2) is 0 Å². The molecule has 0 aromatic rings. The summed E-state index contributed by atoms with van der Waals surface area (Å²) in [4.78, 5) is 2.94. The van der Waals surface area contributed by atoms with Crippen LogP contribution in [-0.2, 0) is 0 Å². The topological polar surface area (TPSA) is 3.24 Å². The molecule has 0 N–H and O–H groups in total. The largest absolute Gasteiger partial charge is 0.294 e. The molecule has 0 amide bonds. The highest BCUT2D eigenvalue weighted by Gasteiger charge is 2.41. The molecule has 2 saturated heterocycles. The van der Waals surface area contributed by atoms with E-state index in [1.54, 1.807) is 0 Å². The number of rotatable bonds is 6. The summed E-state index contributed by atoms with van der Waals surface area (Å²) in [5.74, 6) is 0. The Morgan fingerprint density at radius 2 is 1.31 bits per heavy atom. The Kier molecular flexibility index (Phi) is 4.69. The van der Waals surface area contributed by atoms with Crippen LogP contribution in [0.2, 0.25) is 0 Å². The van der Waals surface area contributed by atoms with E-state index in [0.717, 1.165) is 18.1 Å². The van der Waals surface area contributed by atoms with Gasteiger partial charge in [-0.25, -0.2) is 0 Å². The zero-order chi connectivity index (χ0) is 11.4. The molecule has 0 aliphatic carbocycles. The summed E-state index contributed by atoms with van der Waals surface area (Å²) in [6, 6.07) is 2.88. The van der Waals surface area contributed by atoms with Gasteiger partial charge in [0.1, 0.15) is 0 Å². The Hall–Kier alpha value is -0.0400. The molecule has 1 heteroatoms. The van der Waals surface area contributed by atoms with E-state index in [4.69, 9.17) is 0 Å². The van der Waals surface area contributed by atoms with Crippen LogP contribution in [-0.4, -0.2) is 23.0 Å². The molecule has 2 atom stereocenters. The summed E-state index contributed by atoms with van der Waals surface area (Å²) in [5, 5.41) is 0. The van der Waals surface area contributed by atoms with E-state index < -0.39 is 0 Å². The zero-order valence-electron chi connectivity index (χ0n) is 11.3. The fourth-order valence-electron chi connectivity index (χ4n) is 3.87. The van der Waals surface area contributed by atoms with Crippen molar-refractivity contribution in [3.8, 4) is 0 Å². The predicted octanol–water partition coefficient (Wildman–Crippen LogP) is 4.36. The Morgan fingerprint density at radius 3 is 1.75 bits per heavy atom. The number of unbranched alkanes of at least 4 members (excludes halogenated alkanes) is 2. The molecule has 94 valence electrons. The summed E-state index contributed by atoms with van der Waals surface area (Å²) in [6.07, 6.45) is 14.5. The Labute approximate surface area is 102 Å². The molecule has 0 radical (unpaired) electrons. The van der Waals surface area contributed by atoms with E-state index in [-0.39, 0.29) is 0 Å². The lowest BCUT2D eigenvalue weighted by molar-refractivity contribution is 0.162. The second-order valence-corrected chi connectivity index (χ2v) is 5.85. The molecule has 2 rings (SSSR count). The molecular weight excluding hydrogens is 194 g/mol. The minimum atomic E-state index is 0.953. The van der Waals surface area contributed by atoms with Crippen molar-refractivity contribution in [2.75, 3.05) is 0 Å². The van der Waals surface area contributed by atoms with E-state index in [1.807, 2.05) is 0 Å². The van der Waals surface area contributed by atoms with Crippen LogP contribution in [0.4, 0.5) is 0 Å². The van der Waals surface area contributed by atoms with Crippen LogP contribution in [0.25, 0.3) is 0 Å². The van der Waals surface area contributed by atoms with Gasteiger partial charge in [-0.3, -0.25) is 4.90 Å². The zero-order valence-corrected chi connectivity index (χ0v) is 11.3. The molecule has 0 spiro atoms. The summed E-state index contributed by atoms with van der Waals surface area (Å²) >= 11 is 0. The Bertz CT molecular complexity index is 182. The number of hydrogen-bond acceptors (Lipinski definition) is 1. The van der Waals surface area contributed by atoms with Crippen LogP contribution in [0.15, 0.2) is 0 Å². The maximum atomic E-state index is 2.94. The molecule has 2 aliphatic rings. The van der Waals surface area contributed by atoms with Crippen molar-refractivity contribution in [3.05, 3.63) is 0 Å². The quantitative estimate of drug-likeness (QED) is 0.646. The maximum Gasteiger partial charge on any atom is 0.0102 e. The molecule has 2 aliphatic heterocycles. The Morgan fingerprint density at radius 1 is 0.812 bits per heavy atom. The van der Waals surface area contributed by atoms with Gasteiger partial charge in [-0.05, 0) is 38.5 Å². The first-order valence-electron chi connectivity index (χ1n) is 7.64. The minimum absolute atomic E-state index is 0.953. The third-order valence-corrected chi connectivity index (χ3v) is 4.71. The molecule has 2 fully saturated rings. The Balaban J connectivity index is 1.86. The molecule has 2 unspecified atom stereocenters. The number of hydrogen-bond donors (Lipinski definition) is 0. The fourth-order valence-corrected chi connectivity index (χ4v) is 3.87. The lowest BCUT2D eigenvalue weighted by atomic mass is 10.0. The SMILES string of the molecule is CCCCC1CCC2CCC(CCCC)N12. The molecule has 2 heterocycles. The predicted molar refractivity (Wildman–Crippen MR) is 70.7 cm³/mol. The lowest BCUT2D eigenvalue weighted by Crippen LogP contribution is -2.38. The highest BCUT2D eigenvalue weighted by molar-refractivity contribution is 4.97. The van der Waals surface area contributed by atoms with Crippen LogP contribution in [0.3, 0.4) is 0 Å². The maximum absolute atomic E-state index is 2.94. The van der Waals surface area contributed by atoms with Crippen molar-refractivity contribution in [1.82, 2.24) is 4.90 Å². The van der Waals surface area contributed by atoms with Gasteiger partial charge in [-0.2, -0.15) is 0 Å². The van der Waals surface area contributed by atoms with Gasteiger partial charge >= 0.3 is 0 Å². The third-order valence-electron chi connectivity index (χ3n) is 4.71. The van der Waals surface area contributed by atoms with E-state index >= 15 is 0 Å². The molecule has 0 aromatic heterocycles. The highest BCUT2D eigenvalue weighted by atomic mass is 15.3. The van der Waals surface area contributed by atoms with E-state index in [0.29, 0.717) is 0 Å². The molecule has 0 aromatic carbocycles. The van der Waals surface area contributed by atoms with Crippen molar-refractivity contribution in [2.45, 2.75) is 96.2 Å². The van der Waals surface area contributed by atoms with Gasteiger partial charge in [0, 0.05) is 18.1 Å². The standard InChI is InChI=1S/C15H29N/c1-3-5-7-13-9-11-15-12-10-14(16(13)15)8-6-4-2/h13-15H,3-12H2,1-2H3. The average molecular weight is 223 g/mol. The fraction of sp³-hybridized carbons (Fsp3) is 1.00.